The van der Waals surface area contributed by atoms with Crippen molar-refractivity contribution in [2.45, 2.75) is 12.6 Å². The van der Waals surface area contributed by atoms with Crippen molar-refractivity contribution >= 4 is 35.3 Å². The number of hydrogen-bond acceptors (Lipinski definition) is 7. The van der Waals surface area contributed by atoms with Crippen LogP contribution in [0.25, 0.3) is 16.7 Å². The first-order valence-electron chi connectivity index (χ1n) is 6.65. The number of aromatic nitrogens is 5. The van der Waals surface area contributed by atoms with Gasteiger partial charge in [-0.15, -0.1) is 5.10 Å². The number of nitrogens with zero attached hydrogens (tertiary/aromatic N) is 5. The third-order valence-corrected chi connectivity index (χ3v) is 3.72. The lowest BCUT2D eigenvalue weighted by Gasteiger charge is -2.13. The highest BCUT2D eigenvalue weighted by Gasteiger charge is 2.20. The van der Waals surface area contributed by atoms with Crippen molar-refractivity contribution in [2.75, 3.05) is 12.9 Å². The van der Waals surface area contributed by atoms with E-state index in [1.165, 1.54) is 24.0 Å². The molecule has 0 aliphatic carbocycles. The summed E-state index contributed by atoms with van der Waals surface area (Å²) in [5.74, 6) is -0.350. The van der Waals surface area contributed by atoms with E-state index in [9.17, 15) is 14.7 Å². The van der Waals surface area contributed by atoms with Crippen LogP contribution < -0.4 is 5.56 Å². The zero-order valence-corrected chi connectivity index (χ0v) is 13.0. The summed E-state index contributed by atoms with van der Waals surface area (Å²) in [5, 5.41) is 13.7. The summed E-state index contributed by atoms with van der Waals surface area (Å²) in [7, 11) is 1.53. The van der Waals surface area contributed by atoms with Crippen LogP contribution in [0.2, 0.25) is 0 Å². The van der Waals surface area contributed by atoms with Crippen LogP contribution in [0.4, 0.5) is 0 Å². The lowest BCUT2D eigenvalue weighted by molar-refractivity contribution is -0.140. The van der Waals surface area contributed by atoms with Gasteiger partial charge in [0.1, 0.15) is 12.6 Å². The van der Waals surface area contributed by atoms with E-state index in [2.05, 4.69) is 27.7 Å². The van der Waals surface area contributed by atoms with Crippen LogP contribution in [0.15, 0.2) is 23.3 Å². The largest absolute Gasteiger partial charge is 0.480 e. The number of carbonyl (C=O) groups is 1. The fourth-order valence-electron chi connectivity index (χ4n) is 2.30. The number of rotatable bonds is 5. The van der Waals surface area contributed by atoms with Crippen LogP contribution in [0.3, 0.4) is 0 Å². The Hall–Kier alpha value is -2.46. The highest BCUT2D eigenvalue weighted by atomic mass is 32.1. The maximum Gasteiger partial charge on any atom is 0.327 e. The molecular weight excluding hydrogens is 322 g/mol. The molecule has 0 spiro atoms. The summed E-state index contributed by atoms with van der Waals surface area (Å²) in [5.41, 5.74) is 0.0246. The Labute approximate surface area is 134 Å². The van der Waals surface area contributed by atoms with Crippen molar-refractivity contribution in [3.05, 3.63) is 34.6 Å². The smallest absolute Gasteiger partial charge is 0.327 e. The first-order chi connectivity index (χ1) is 11.1. The summed E-state index contributed by atoms with van der Waals surface area (Å²) in [6.07, 6.45) is 2.78. The molecule has 3 aromatic heterocycles. The van der Waals surface area contributed by atoms with Crippen molar-refractivity contribution < 1.29 is 14.6 Å². The van der Waals surface area contributed by atoms with Crippen LogP contribution >= 0.6 is 12.6 Å². The molecule has 23 heavy (non-hydrogen) atoms. The van der Waals surface area contributed by atoms with E-state index in [-0.39, 0.29) is 17.7 Å². The minimum absolute atomic E-state index is 0.00225. The number of carboxylic acid groups (broad SMARTS) is 1. The van der Waals surface area contributed by atoms with Gasteiger partial charge in [-0.2, -0.15) is 22.1 Å². The van der Waals surface area contributed by atoms with Gasteiger partial charge in [-0.25, -0.2) is 9.78 Å². The van der Waals surface area contributed by atoms with Gasteiger partial charge >= 0.3 is 5.97 Å². The van der Waals surface area contributed by atoms with Crippen molar-refractivity contribution in [1.29, 1.82) is 0 Å². The lowest BCUT2D eigenvalue weighted by atomic mass is 10.2. The molecule has 0 radical (unpaired) electrons. The number of hydrogen-bond donors (Lipinski definition) is 2. The molecule has 1 atom stereocenters. The SMILES string of the molecule is COCc1nc2ncc3c(=O)n(C(CS)C(=O)O)ccc3n2n1. The molecule has 0 saturated carbocycles. The number of thiol groups is 1. The second-order valence-corrected chi connectivity index (χ2v) is 5.16. The molecule has 0 aromatic carbocycles. The Morgan fingerprint density at radius 2 is 2.30 bits per heavy atom. The molecule has 3 heterocycles. The predicted molar refractivity (Wildman–Crippen MR) is 83.8 cm³/mol. The molecule has 0 aliphatic rings. The minimum atomic E-state index is -1.13. The van der Waals surface area contributed by atoms with Crippen LogP contribution in [0, 0.1) is 0 Å². The average Bonchev–Trinajstić information content (AvgIpc) is 2.93. The molecule has 0 amide bonds. The van der Waals surface area contributed by atoms with Gasteiger partial charge in [0.25, 0.3) is 11.3 Å². The highest BCUT2D eigenvalue weighted by Crippen LogP contribution is 2.13. The van der Waals surface area contributed by atoms with Gasteiger partial charge in [0, 0.05) is 25.3 Å². The van der Waals surface area contributed by atoms with Crippen molar-refractivity contribution in [2.24, 2.45) is 0 Å². The molecule has 10 heteroatoms. The van der Waals surface area contributed by atoms with Crippen molar-refractivity contribution in [1.82, 2.24) is 24.1 Å². The van der Waals surface area contributed by atoms with Gasteiger partial charge in [-0.05, 0) is 6.07 Å². The van der Waals surface area contributed by atoms with Gasteiger partial charge in [0.2, 0.25) is 0 Å². The Balaban J connectivity index is 2.24. The number of fused-ring (bicyclic) bond motifs is 3. The van der Waals surface area contributed by atoms with Gasteiger partial charge in [-0.3, -0.25) is 9.36 Å². The Morgan fingerprint density at radius 3 is 2.96 bits per heavy atom. The van der Waals surface area contributed by atoms with Crippen LogP contribution in [0.1, 0.15) is 11.9 Å². The second kappa shape index (κ2) is 5.97. The highest BCUT2D eigenvalue weighted by molar-refractivity contribution is 7.80. The summed E-state index contributed by atoms with van der Waals surface area (Å²) >= 11 is 4.00. The monoisotopic (exact) mass is 335 g/mol. The standard InChI is InChI=1S/C13H13N5O4S/c1-22-5-10-15-13-14-4-7-8(18(13)16-10)2-3-17(11(7)19)9(6-23)12(20)21/h2-4,9,23H,5-6H2,1H3,(H,20,21). The molecule has 0 fully saturated rings. The summed E-state index contributed by atoms with van der Waals surface area (Å²) < 4.78 is 7.54. The maximum atomic E-state index is 12.5. The Bertz CT molecular complexity index is 951. The van der Waals surface area contributed by atoms with E-state index in [4.69, 9.17) is 4.74 Å². The van der Waals surface area contributed by atoms with Crippen LogP contribution in [-0.2, 0) is 16.1 Å². The fourth-order valence-corrected chi connectivity index (χ4v) is 2.63. The van der Waals surface area contributed by atoms with E-state index < -0.39 is 17.6 Å². The molecule has 3 rings (SSSR count). The van der Waals surface area contributed by atoms with Gasteiger partial charge in [0.15, 0.2) is 5.82 Å². The van der Waals surface area contributed by atoms with Gasteiger partial charge in [0.05, 0.1) is 10.9 Å². The molecule has 0 aliphatic heterocycles. The van der Waals surface area contributed by atoms with Crippen LogP contribution in [0.5, 0.6) is 0 Å². The van der Waals surface area contributed by atoms with E-state index in [0.717, 1.165) is 4.57 Å². The second-order valence-electron chi connectivity index (χ2n) is 4.79. The number of pyridine rings is 1. The van der Waals surface area contributed by atoms with Gasteiger partial charge in [-0.1, -0.05) is 0 Å². The Kier molecular flexibility index (Phi) is 4.01. The maximum absolute atomic E-state index is 12.5. The third-order valence-electron chi connectivity index (χ3n) is 3.37. The molecule has 3 aromatic rings. The molecule has 0 saturated heterocycles. The zero-order valence-electron chi connectivity index (χ0n) is 12.1. The van der Waals surface area contributed by atoms with E-state index in [0.29, 0.717) is 17.1 Å². The molecule has 120 valence electrons. The first kappa shape index (κ1) is 15.4. The Morgan fingerprint density at radius 1 is 1.52 bits per heavy atom. The molecule has 1 unspecified atom stereocenters. The molecular formula is C13H13N5O4S. The normalized spacial score (nSPS) is 12.8. The van der Waals surface area contributed by atoms with Crippen LogP contribution in [-0.4, -0.2) is 48.1 Å². The number of aliphatic carboxylic acids is 1. The average molecular weight is 335 g/mol. The number of ether oxygens (including phenoxy) is 1. The predicted octanol–water partition coefficient (Wildman–Crippen LogP) is 0.141. The number of methoxy groups -OCH3 is 1. The first-order valence-corrected chi connectivity index (χ1v) is 7.28. The zero-order chi connectivity index (χ0) is 16.6. The molecule has 9 nitrogen and oxygen atoms in total. The third kappa shape index (κ3) is 2.55. The van der Waals surface area contributed by atoms with Crippen molar-refractivity contribution in [3.63, 3.8) is 0 Å². The molecule has 1 N–H and O–H groups in total. The quantitative estimate of drug-likeness (QED) is 0.638. The van der Waals surface area contributed by atoms with E-state index >= 15 is 0 Å². The fraction of sp³-hybridized carbons (Fsp3) is 0.308. The van der Waals surface area contributed by atoms with Gasteiger partial charge < -0.3 is 9.84 Å². The van der Waals surface area contributed by atoms with E-state index in [1.54, 1.807) is 6.07 Å². The molecule has 0 bridgehead atoms. The topological polar surface area (TPSA) is 112 Å². The summed E-state index contributed by atoms with van der Waals surface area (Å²) in [6, 6.07) is 0.557. The summed E-state index contributed by atoms with van der Waals surface area (Å²) in [6.45, 7) is 0.225. The van der Waals surface area contributed by atoms with Crippen molar-refractivity contribution in [3.8, 4) is 0 Å². The summed E-state index contributed by atoms with van der Waals surface area (Å²) in [4.78, 5) is 32.1. The minimum Gasteiger partial charge on any atom is -0.480 e. The number of carboxylic acids is 1. The van der Waals surface area contributed by atoms with E-state index in [1.807, 2.05) is 0 Å². The lowest BCUT2D eigenvalue weighted by Crippen LogP contribution is -2.31.